The fourth-order valence-electron chi connectivity index (χ4n) is 1.16. The molecule has 0 unspecified atom stereocenters. The van der Waals surface area contributed by atoms with Gasteiger partial charge < -0.3 is 4.74 Å². The van der Waals surface area contributed by atoms with E-state index in [4.69, 9.17) is 4.74 Å². The van der Waals surface area contributed by atoms with Crippen LogP contribution in [0.5, 0.6) is 0 Å². The van der Waals surface area contributed by atoms with E-state index in [-0.39, 0.29) is 5.97 Å². The number of rotatable bonds is 2. The minimum absolute atomic E-state index is 0.256. The maximum Gasteiger partial charge on any atom is 0.318 e. The normalized spacial score (nSPS) is 11.5. The molecule has 0 saturated heterocycles. The molecule has 0 fully saturated rings. The third-order valence-electron chi connectivity index (χ3n) is 1.91. The molecule has 0 spiro atoms. The van der Waals surface area contributed by atoms with Crippen LogP contribution in [0.1, 0.15) is 33.3 Å². The number of benzene rings is 1. The Labute approximate surface area is 91.3 Å². The van der Waals surface area contributed by atoms with E-state index in [9.17, 15) is 4.79 Å². The van der Waals surface area contributed by atoms with Crippen molar-refractivity contribution in [2.75, 3.05) is 0 Å². The quantitative estimate of drug-likeness (QED) is 0.694. The van der Waals surface area contributed by atoms with Gasteiger partial charge >= 0.3 is 5.97 Å². The molecule has 0 amide bonds. The van der Waals surface area contributed by atoms with Crippen molar-refractivity contribution < 1.29 is 9.53 Å². The van der Waals surface area contributed by atoms with E-state index in [0.29, 0.717) is 5.92 Å². The SMILES string of the molecule is C[C](C(=O)OC(C)(C)C)c1ccccc1. The van der Waals surface area contributed by atoms with Crippen LogP contribution in [-0.4, -0.2) is 11.6 Å². The second-order valence-corrected chi connectivity index (χ2v) is 4.49. The first kappa shape index (κ1) is 11.8. The second-order valence-electron chi connectivity index (χ2n) is 4.49. The van der Waals surface area contributed by atoms with Crippen molar-refractivity contribution in [3.63, 3.8) is 0 Å². The summed E-state index contributed by atoms with van der Waals surface area (Å²) in [6, 6.07) is 9.54. The molecule has 1 aromatic rings. The molecule has 0 aliphatic carbocycles. The zero-order chi connectivity index (χ0) is 11.5. The molecular weight excluding hydrogens is 188 g/mol. The van der Waals surface area contributed by atoms with Crippen LogP contribution >= 0.6 is 0 Å². The van der Waals surface area contributed by atoms with Gasteiger partial charge in [-0.3, -0.25) is 4.79 Å². The predicted octanol–water partition coefficient (Wildman–Crippen LogP) is 2.97. The van der Waals surface area contributed by atoms with Crippen molar-refractivity contribution in [2.24, 2.45) is 0 Å². The molecule has 2 heteroatoms. The highest BCUT2D eigenvalue weighted by Crippen LogP contribution is 2.18. The van der Waals surface area contributed by atoms with Gasteiger partial charge in [0.1, 0.15) is 11.5 Å². The molecule has 0 aliphatic rings. The smallest absolute Gasteiger partial charge is 0.318 e. The Morgan fingerprint density at radius 3 is 2.13 bits per heavy atom. The first-order valence-electron chi connectivity index (χ1n) is 5.02. The molecule has 1 aromatic carbocycles. The van der Waals surface area contributed by atoms with Crippen LogP contribution in [0.4, 0.5) is 0 Å². The summed E-state index contributed by atoms with van der Waals surface area (Å²) in [5, 5.41) is 0. The lowest BCUT2D eigenvalue weighted by atomic mass is 10.0. The van der Waals surface area contributed by atoms with Crippen LogP contribution in [0, 0.1) is 5.92 Å². The second kappa shape index (κ2) is 4.47. The average molecular weight is 205 g/mol. The van der Waals surface area contributed by atoms with Crippen LogP contribution in [-0.2, 0) is 9.53 Å². The largest absolute Gasteiger partial charge is 0.459 e. The molecule has 81 valence electrons. The van der Waals surface area contributed by atoms with Gasteiger partial charge in [-0.25, -0.2) is 0 Å². The summed E-state index contributed by atoms with van der Waals surface area (Å²) in [6.45, 7) is 7.37. The van der Waals surface area contributed by atoms with Crippen LogP contribution in [0.2, 0.25) is 0 Å². The molecule has 0 bridgehead atoms. The Kier molecular flexibility index (Phi) is 3.51. The van der Waals surface area contributed by atoms with E-state index in [1.165, 1.54) is 0 Å². The number of hydrogen-bond donors (Lipinski definition) is 0. The summed E-state index contributed by atoms with van der Waals surface area (Å²) in [5.74, 6) is 0.388. The van der Waals surface area contributed by atoms with Gasteiger partial charge in [-0.15, -0.1) is 0 Å². The van der Waals surface area contributed by atoms with E-state index in [1.807, 2.05) is 51.1 Å². The summed E-state index contributed by atoms with van der Waals surface area (Å²) in [5.41, 5.74) is 0.472. The molecule has 0 aliphatic heterocycles. The van der Waals surface area contributed by atoms with Gasteiger partial charge in [-0.2, -0.15) is 0 Å². The van der Waals surface area contributed by atoms with Gasteiger partial charge in [0.25, 0.3) is 0 Å². The third kappa shape index (κ3) is 3.74. The minimum Gasteiger partial charge on any atom is -0.459 e. The minimum atomic E-state index is -0.437. The summed E-state index contributed by atoms with van der Waals surface area (Å²) < 4.78 is 5.28. The fourth-order valence-corrected chi connectivity index (χ4v) is 1.16. The molecule has 0 atom stereocenters. The van der Waals surface area contributed by atoms with Crippen molar-refractivity contribution in [3.05, 3.63) is 41.8 Å². The Morgan fingerprint density at radius 1 is 1.13 bits per heavy atom. The molecule has 1 rings (SSSR count). The van der Waals surface area contributed by atoms with E-state index in [2.05, 4.69) is 0 Å². The first-order chi connectivity index (χ1) is 6.90. The zero-order valence-corrected chi connectivity index (χ0v) is 9.70. The van der Waals surface area contributed by atoms with Gasteiger partial charge in [0.05, 0.1) is 0 Å². The molecule has 0 saturated carbocycles. The maximum absolute atomic E-state index is 11.7. The van der Waals surface area contributed by atoms with Gasteiger partial charge in [0.15, 0.2) is 0 Å². The Hall–Kier alpha value is -1.31. The highest BCUT2D eigenvalue weighted by atomic mass is 16.6. The van der Waals surface area contributed by atoms with Crippen LogP contribution in [0.25, 0.3) is 0 Å². The van der Waals surface area contributed by atoms with Crippen molar-refractivity contribution in [2.45, 2.75) is 33.3 Å². The summed E-state index contributed by atoms with van der Waals surface area (Å²) in [6.07, 6.45) is 0. The summed E-state index contributed by atoms with van der Waals surface area (Å²) >= 11 is 0. The molecule has 0 heterocycles. The van der Waals surface area contributed by atoms with Crippen molar-refractivity contribution in [3.8, 4) is 0 Å². The molecule has 1 radical (unpaired) electrons. The van der Waals surface area contributed by atoms with Gasteiger partial charge in [-0.1, -0.05) is 30.3 Å². The van der Waals surface area contributed by atoms with E-state index in [0.717, 1.165) is 5.56 Å². The molecule has 15 heavy (non-hydrogen) atoms. The van der Waals surface area contributed by atoms with E-state index < -0.39 is 5.60 Å². The molecular formula is C13H17O2. The number of esters is 1. The van der Waals surface area contributed by atoms with Crippen LogP contribution in [0.3, 0.4) is 0 Å². The Morgan fingerprint density at radius 2 is 1.67 bits per heavy atom. The zero-order valence-electron chi connectivity index (χ0n) is 9.70. The standard InChI is InChI=1S/C13H17O2/c1-10(11-8-6-5-7-9-11)12(14)15-13(2,3)4/h5-9H,1-4H3. The van der Waals surface area contributed by atoms with Gasteiger partial charge in [0, 0.05) is 0 Å². The Balaban J connectivity index is 2.70. The Bertz CT molecular complexity index is 322. The lowest BCUT2D eigenvalue weighted by Gasteiger charge is -2.21. The van der Waals surface area contributed by atoms with Crippen LogP contribution < -0.4 is 0 Å². The molecule has 0 N–H and O–H groups in total. The number of ether oxygens (including phenoxy) is 1. The molecule has 0 aromatic heterocycles. The monoisotopic (exact) mass is 205 g/mol. The summed E-state index contributed by atoms with van der Waals surface area (Å²) in [7, 11) is 0. The number of hydrogen-bond acceptors (Lipinski definition) is 2. The third-order valence-corrected chi connectivity index (χ3v) is 1.91. The fraction of sp³-hybridized carbons (Fsp3) is 0.385. The van der Waals surface area contributed by atoms with E-state index >= 15 is 0 Å². The maximum atomic E-state index is 11.7. The molecule has 2 nitrogen and oxygen atoms in total. The highest BCUT2D eigenvalue weighted by Gasteiger charge is 2.23. The first-order valence-corrected chi connectivity index (χ1v) is 5.02. The van der Waals surface area contributed by atoms with Crippen LogP contribution in [0.15, 0.2) is 30.3 Å². The number of carbonyl (C=O) groups excluding carboxylic acids is 1. The lowest BCUT2D eigenvalue weighted by Crippen LogP contribution is -2.27. The van der Waals surface area contributed by atoms with Gasteiger partial charge in [-0.05, 0) is 33.3 Å². The van der Waals surface area contributed by atoms with E-state index in [1.54, 1.807) is 6.92 Å². The topological polar surface area (TPSA) is 26.3 Å². The highest BCUT2D eigenvalue weighted by molar-refractivity contribution is 5.89. The van der Waals surface area contributed by atoms with Crippen molar-refractivity contribution in [1.29, 1.82) is 0 Å². The predicted molar refractivity (Wildman–Crippen MR) is 60.3 cm³/mol. The van der Waals surface area contributed by atoms with Crippen molar-refractivity contribution >= 4 is 5.97 Å². The van der Waals surface area contributed by atoms with Gasteiger partial charge in [0.2, 0.25) is 0 Å². The van der Waals surface area contributed by atoms with Crippen molar-refractivity contribution in [1.82, 2.24) is 0 Å². The average Bonchev–Trinajstić information content (AvgIpc) is 2.15. The summed E-state index contributed by atoms with van der Waals surface area (Å²) in [4.78, 5) is 11.7. The lowest BCUT2D eigenvalue weighted by molar-refractivity contribution is -0.151. The number of carbonyl (C=O) groups is 1.